The number of ether oxygens (including phenoxy) is 2. The van der Waals surface area contributed by atoms with Crippen LogP contribution in [0.3, 0.4) is 0 Å². The Morgan fingerprint density at radius 1 is 1.21 bits per heavy atom. The maximum atomic E-state index is 14.4. The van der Waals surface area contributed by atoms with E-state index in [-0.39, 0.29) is 37.0 Å². The van der Waals surface area contributed by atoms with E-state index in [4.69, 9.17) is 13.9 Å². The summed E-state index contributed by atoms with van der Waals surface area (Å²) in [4.78, 5) is 53.2. The Morgan fingerprint density at radius 3 is 2.71 bits per heavy atom. The van der Waals surface area contributed by atoms with E-state index in [2.05, 4.69) is 0 Å². The molecule has 0 amide bonds. The van der Waals surface area contributed by atoms with Crippen LogP contribution < -0.4 is 0 Å². The number of aliphatic hydroxyl groups is 1. The fraction of sp³-hybridized carbons (Fsp3) is 0.533. The third-order valence-corrected chi connectivity index (χ3v) is 11.0. The number of carbonyl (C=O) groups excluding carboxylic acids is 4. The van der Waals surface area contributed by atoms with Gasteiger partial charge in [0.15, 0.2) is 17.7 Å². The van der Waals surface area contributed by atoms with Crippen molar-refractivity contribution in [3.63, 3.8) is 0 Å². The molecule has 1 N–H and O–H groups in total. The van der Waals surface area contributed by atoms with Crippen LogP contribution in [0.1, 0.15) is 57.9 Å². The number of allylic oxidation sites excluding steroid dienone is 3. The van der Waals surface area contributed by atoms with Crippen LogP contribution in [-0.4, -0.2) is 46.9 Å². The highest BCUT2D eigenvalue weighted by atomic mass is 16.6. The number of carbonyl (C=O) groups is 4. The molecular weight excluding hydrogens is 488 g/mol. The number of ketones is 2. The number of rotatable bonds is 3. The molecule has 1 spiro atoms. The molecule has 6 aliphatic rings. The first-order chi connectivity index (χ1) is 18.0. The molecule has 2 bridgehead atoms. The topological polar surface area (TPSA) is 120 Å². The third kappa shape index (κ3) is 2.46. The highest BCUT2D eigenvalue weighted by Gasteiger charge is 2.83. The molecule has 8 atom stereocenters. The van der Waals surface area contributed by atoms with Gasteiger partial charge < -0.3 is 19.0 Å². The number of cyclic esters (lactones) is 1. The van der Waals surface area contributed by atoms with E-state index in [0.29, 0.717) is 18.4 Å². The molecule has 1 aromatic heterocycles. The molecule has 3 fully saturated rings. The van der Waals surface area contributed by atoms with Gasteiger partial charge in [-0.15, -0.1) is 0 Å². The largest absolute Gasteiger partial charge is 0.472 e. The van der Waals surface area contributed by atoms with E-state index in [1.165, 1.54) is 6.08 Å². The summed E-state index contributed by atoms with van der Waals surface area (Å²) < 4.78 is 16.6. The van der Waals surface area contributed by atoms with Gasteiger partial charge in [0.2, 0.25) is 0 Å². The SMILES string of the molecule is C/C=C/C(=O)O[C@@H]1C(=O)[C@@H]2C3=C(CC[C@]4(C)C3=CC(=O)[C@H]4c3ccoc3)[C@]3(C)[C@H]4CC(=O)OC[C@]14C[C@]23O. The molecule has 0 aromatic carbocycles. The smallest absolute Gasteiger partial charge is 0.331 e. The Labute approximate surface area is 219 Å². The van der Waals surface area contributed by atoms with Crippen LogP contribution in [0.25, 0.3) is 0 Å². The number of furan rings is 1. The van der Waals surface area contributed by atoms with Crippen molar-refractivity contribution in [1.82, 2.24) is 0 Å². The lowest BCUT2D eigenvalue weighted by molar-refractivity contribution is -0.189. The maximum Gasteiger partial charge on any atom is 0.331 e. The van der Waals surface area contributed by atoms with E-state index < -0.39 is 51.7 Å². The molecule has 8 heteroatoms. The average molecular weight is 519 g/mol. The second kappa shape index (κ2) is 7.23. The fourth-order valence-electron chi connectivity index (χ4n) is 9.47. The highest BCUT2D eigenvalue weighted by molar-refractivity contribution is 6.04. The second-order valence-electron chi connectivity index (χ2n) is 12.4. The lowest BCUT2D eigenvalue weighted by Gasteiger charge is -2.50. The quantitative estimate of drug-likeness (QED) is 0.478. The van der Waals surface area contributed by atoms with Crippen molar-refractivity contribution >= 4 is 23.5 Å². The van der Waals surface area contributed by atoms with Gasteiger partial charge in [-0.2, -0.15) is 0 Å². The molecular formula is C30H30O8. The van der Waals surface area contributed by atoms with Gasteiger partial charge >= 0.3 is 11.9 Å². The van der Waals surface area contributed by atoms with Crippen LogP contribution >= 0.6 is 0 Å². The summed E-state index contributed by atoms with van der Waals surface area (Å²) in [7, 11) is 0. The van der Waals surface area contributed by atoms with Crippen LogP contribution in [0.5, 0.6) is 0 Å². The number of fused-ring (bicyclic) bond motifs is 5. The zero-order chi connectivity index (χ0) is 26.8. The molecule has 1 saturated heterocycles. The lowest BCUT2D eigenvalue weighted by Crippen LogP contribution is -2.60. The van der Waals surface area contributed by atoms with Crippen molar-refractivity contribution in [3.05, 3.63) is 59.1 Å². The molecule has 0 unspecified atom stereocenters. The van der Waals surface area contributed by atoms with E-state index in [1.54, 1.807) is 37.7 Å². The van der Waals surface area contributed by atoms with Gasteiger partial charge in [-0.25, -0.2) is 4.79 Å². The zero-order valence-electron chi connectivity index (χ0n) is 21.6. The van der Waals surface area contributed by atoms with Crippen molar-refractivity contribution in [2.45, 2.75) is 64.1 Å². The molecule has 1 aromatic rings. The number of hydrogen-bond donors (Lipinski definition) is 1. The van der Waals surface area contributed by atoms with Gasteiger partial charge in [-0.1, -0.05) is 25.5 Å². The summed E-state index contributed by atoms with van der Waals surface area (Å²) >= 11 is 0. The predicted octanol–water partition coefficient (Wildman–Crippen LogP) is 3.36. The summed E-state index contributed by atoms with van der Waals surface area (Å²) in [5.74, 6) is -3.31. The molecule has 2 saturated carbocycles. The minimum atomic E-state index is -1.47. The first-order valence-corrected chi connectivity index (χ1v) is 13.3. The minimum Gasteiger partial charge on any atom is -0.472 e. The van der Waals surface area contributed by atoms with Crippen LogP contribution in [-0.2, 0) is 28.7 Å². The summed E-state index contributed by atoms with van der Waals surface area (Å²) in [6, 6.07) is 1.80. The minimum absolute atomic E-state index is 0.0279. The molecule has 38 heavy (non-hydrogen) atoms. The van der Waals surface area contributed by atoms with Gasteiger partial charge in [0.1, 0.15) is 6.61 Å². The monoisotopic (exact) mass is 518 g/mol. The van der Waals surface area contributed by atoms with Crippen LogP contribution in [0.2, 0.25) is 0 Å². The number of Topliss-reactive ketones (excluding diaryl/α,β-unsaturated/α-hetero) is 1. The van der Waals surface area contributed by atoms with Gasteiger partial charge in [0.25, 0.3) is 0 Å². The average Bonchev–Trinajstić information content (AvgIpc) is 3.55. The lowest BCUT2D eigenvalue weighted by atomic mass is 9.56. The molecule has 198 valence electrons. The summed E-state index contributed by atoms with van der Waals surface area (Å²) in [6.45, 7) is 5.62. The van der Waals surface area contributed by atoms with Crippen LogP contribution in [0, 0.1) is 28.1 Å². The van der Waals surface area contributed by atoms with E-state index >= 15 is 0 Å². The summed E-state index contributed by atoms with van der Waals surface area (Å²) in [6.07, 6.45) is 7.89. The first-order valence-electron chi connectivity index (χ1n) is 13.3. The van der Waals surface area contributed by atoms with E-state index in [1.807, 2.05) is 13.8 Å². The van der Waals surface area contributed by atoms with Crippen molar-refractivity contribution in [2.24, 2.45) is 28.1 Å². The van der Waals surface area contributed by atoms with Gasteiger partial charge in [0.05, 0.1) is 41.8 Å². The third-order valence-electron chi connectivity index (χ3n) is 11.0. The van der Waals surface area contributed by atoms with Crippen molar-refractivity contribution < 1.29 is 38.2 Å². The Bertz CT molecular complexity index is 1410. The zero-order valence-corrected chi connectivity index (χ0v) is 21.6. The first kappa shape index (κ1) is 23.8. The second-order valence-corrected chi connectivity index (χ2v) is 12.4. The molecule has 8 nitrogen and oxygen atoms in total. The van der Waals surface area contributed by atoms with Gasteiger partial charge in [0, 0.05) is 22.5 Å². The van der Waals surface area contributed by atoms with Gasteiger partial charge in [-0.05, 0) is 55.4 Å². The van der Waals surface area contributed by atoms with Crippen LogP contribution in [0.4, 0.5) is 0 Å². The molecule has 7 rings (SSSR count). The Hall–Kier alpha value is -3.26. The Morgan fingerprint density at radius 2 is 2.00 bits per heavy atom. The van der Waals surface area contributed by atoms with Crippen molar-refractivity contribution in [3.8, 4) is 0 Å². The van der Waals surface area contributed by atoms with Gasteiger partial charge in [-0.3, -0.25) is 14.4 Å². The van der Waals surface area contributed by atoms with Crippen molar-refractivity contribution in [1.29, 1.82) is 0 Å². The van der Waals surface area contributed by atoms with Crippen LogP contribution in [0.15, 0.2) is 58.0 Å². The molecule has 2 heterocycles. The summed E-state index contributed by atoms with van der Waals surface area (Å²) in [5.41, 5.74) is -0.707. The normalized spacial score (nSPS) is 44.6. The van der Waals surface area contributed by atoms with Crippen molar-refractivity contribution in [2.75, 3.05) is 6.61 Å². The predicted molar refractivity (Wildman–Crippen MR) is 131 cm³/mol. The van der Waals surface area contributed by atoms with E-state index in [9.17, 15) is 24.3 Å². The molecule has 0 radical (unpaired) electrons. The number of hydrogen-bond acceptors (Lipinski definition) is 8. The Kier molecular flexibility index (Phi) is 4.53. The maximum absolute atomic E-state index is 14.4. The summed E-state index contributed by atoms with van der Waals surface area (Å²) in [5, 5.41) is 12.6. The fourth-order valence-corrected chi connectivity index (χ4v) is 9.47. The molecule has 5 aliphatic carbocycles. The number of esters is 2. The Balaban J connectivity index is 1.43. The standard InChI is InChI=1S/C30H30O8/c1-4-5-20(32)38-26-25(34)24-22-16(28(3)19-11-21(33)37-14-29(19,26)13-30(24,28)35)6-8-27(2)17(22)10-18(31)23(27)15-7-9-36-12-15/h4-5,7,9-10,12,19,23-24,26,35H,6,8,11,13-14H2,1-3H3/b5-4+/t19-,23-,24+,26-,27-,28-,29+,30+/m1/s1. The highest BCUT2D eigenvalue weighted by Crippen LogP contribution is 2.79. The van der Waals surface area contributed by atoms with E-state index in [0.717, 1.165) is 16.7 Å². The molecule has 1 aliphatic heterocycles.